The number of rotatable bonds is 6. The monoisotopic (exact) mass is 277 g/mol. The molecule has 0 fully saturated rings. The van der Waals surface area contributed by atoms with Gasteiger partial charge in [-0.2, -0.15) is 0 Å². The highest BCUT2D eigenvalue weighted by molar-refractivity contribution is 6.30. The van der Waals surface area contributed by atoms with E-state index in [0.29, 0.717) is 0 Å². The van der Waals surface area contributed by atoms with Crippen LogP contribution in [0.2, 0.25) is 5.02 Å². The van der Waals surface area contributed by atoms with Gasteiger partial charge in [-0.3, -0.25) is 0 Å². The van der Waals surface area contributed by atoms with Gasteiger partial charge in [-0.15, -0.1) is 0 Å². The van der Waals surface area contributed by atoms with Crippen LogP contribution in [0.3, 0.4) is 0 Å². The molecule has 1 aromatic heterocycles. The molecule has 1 heterocycles. The van der Waals surface area contributed by atoms with Crippen molar-refractivity contribution in [2.45, 2.75) is 32.7 Å². The molecule has 0 radical (unpaired) electrons. The summed E-state index contributed by atoms with van der Waals surface area (Å²) in [6, 6.07) is 10.4. The lowest BCUT2D eigenvalue weighted by Gasteiger charge is -2.17. The Kier molecular flexibility index (Phi) is 5.06. The molecule has 0 aliphatic rings. The smallest absolute Gasteiger partial charge is 0.101 e. The van der Waals surface area contributed by atoms with E-state index < -0.39 is 0 Å². The van der Waals surface area contributed by atoms with Gasteiger partial charge in [0.1, 0.15) is 5.76 Å². The Labute approximate surface area is 119 Å². The van der Waals surface area contributed by atoms with Crippen molar-refractivity contribution in [2.75, 3.05) is 6.54 Å². The molecule has 0 saturated heterocycles. The Bertz CT molecular complexity index is 521. The summed E-state index contributed by atoms with van der Waals surface area (Å²) in [5, 5.41) is 4.35. The van der Waals surface area contributed by atoms with Crippen LogP contribution in [0.1, 0.15) is 36.3 Å². The fraction of sp³-hybridized carbons (Fsp3) is 0.375. The molecule has 1 N–H and O–H groups in total. The molecule has 0 bridgehead atoms. The van der Waals surface area contributed by atoms with E-state index in [1.807, 2.05) is 31.4 Å². The Hall–Kier alpha value is -1.25. The number of benzene rings is 1. The number of hydrogen-bond acceptors (Lipinski definition) is 2. The maximum atomic E-state index is 6.04. The minimum Gasteiger partial charge on any atom is -0.469 e. The molecule has 1 aromatic carbocycles. The summed E-state index contributed by atoms with van der Waals surface area (Å²) < 4.78 is 5.42. The standard InChI is InChI=1S/C16H20ClNO/c1-3-7-18-16(14-8-12(2)19-11-14)10-13-5-4-6-15(17)9-13/h4-6,8-9,11,16,18H,3,7,10H2,1-2H3. The summed E-state index contributed by atoms with van der Waals surface area (Å²) in [4.78, 5) is 0. The number of hydrogen-bond donors (Lipinski definition) is 1. The normalized spacial score (nSPS) is 12.6. The average Bonchev–Trinajstić information content (AvgIpc) is 2.81. The van der Waals surface area contributed by atoms with E-state index in [1.165, 1.54) is 11.1 Å². The second-order valence-electron chi connectivity index (χ2n) is 4.83. The Morgan fingerprint density at radius 1 is 1.32 bits per heavy atom. The molecule has 0 amide bonds. The van der Waals surface area contributed by atoms with Gasteiger partial charge in [0.15, 0.2) is 0 Å². The van der Waals surface area contributed by atoms with Crippen LogP contribution in [0.4, 0.5) is 0 Å². The number of furan rings is 1. The summed E-state index contributed by atoms with van der Waals surface area (Å²) >= 11 is 6.04. The Morgan fingerprint density at radius 3 is 2.79 bits per heavy atom. The van der Waals surface area contributed by atoms with Gasteiger partial charge in [-0.25, -0.2) is 0 Å². The van der Waals surface area contributed by atoms with Crippen molar-refractivity contribution < 1.29 is 4.42 Å². The molecule has 2 nitrogen and oxygen atoms in total. The second-order valence-corrected chi connectivity index (χ2v) is 5.27. The van der Waals surface area contributed by atoms with E-state index in [-0.39, 0.29) is 6.04 Å². The highest BCUT2D eigenvalue weighted by Crippen LogP contribution is 2.22. The maximum absolute atomic E-state index is 6.04. The molecule has 1 atom stereocenters. The summed E-state index contributed by atoms with van der Waals surface area (Å²) in [7, 11) is 0. The van der Waals surface area contributed by atoms with E-state index in [1.54, 1.807) is 0 Å². The number of aryl methyl sites for hydroxylation is 1. The lowest BCUT2D eigenvalue weighted by atomic mass is 10.0. The van der Waals surface area contributed by atoms with Gasteiger partial charge >= 0.3 is 0 Å². The quantitative estimate of drug-likeness (QED) is 0.839. The molecule has 19 heavy (non-hydrogen) atoms. The fourth-order valence-corrected chi connectivity index (χ4v) is 2.39. The zero-order chi connectivity index (χ0) is 13.7. The van der Waals surface area contributed by atoms with E-state index in [4.69, 9.17) is 16.0 Å². The van der Waals surface area contributed by atoms with Crippen molar-refractivity contribution in [1.82, 2.24) is 5.32 Å². The van der Waals surface area contributed by atoms with Gasteiger partial charge in [0.25, 0.3) is 0 Å². The van der Waals surface area contributed by atoms with E-state index in [9.17, 15) is 0 Å². The molecule has 0 aliphatic carbocycles. The minimum atomic E-state index is 0.274. The highest BCUT2D eigenvalue weighted by atomic mass is 35.5. The summed E-state index contributed by atoms with van der Waals surface area (Å²) in [6.45, 7) is 5.14. The first-order valence-electron chi connectivity index (χ1n) is 6.72. The summed E-state index contributed by atoms with van der Waals surface area (Å²) in [6.07, 6.45) is 3.87. The van der Waals surface area contributed by atoms with Crippen LogP contribution in [0.5, 0.6) is 0 Å². The minimum absolute atomic E-state index is 0.274. The third-order valence-electron chi connectivity index (χ3n) is 3.12. The Balaban J connectivity index is 2.13. The fourth-order valence-electron chi connectivity index (χ4n) is 2.17. The molecule has 2 aromatic rings. The molecule has 0 saturated carbocycles. The first-order valence-corrected chi connectivity index (χ1v) is 7.09. The van der Waals surface area contributed by atoms with Crippen molar-refractivity contribution in [3.63, 3.8) is 0 Å². The van der Waals surface area contributed by atoms with E-state index >= 15 is 0 Å². The van der Waals surface area contributed by atoms with Crippen molar-refractivity contribution >= 4 is 11.6 Å². The zero-order valence-electron chi connectivity index (χ0n) is 11.4. The molecule has 1 unspecified atom stereocenters. The van der Waals surface area contributed by atoms with Gasteiger partial charge in [0.2, 0.25) is 0 Å². The third-order valence-corrected chi connectivity index (χ3v) is 3.36. The second kappa shape index (κ2) is 6.78. The lowest BCUT2D eigenvalue weighted by molar-refractivity contribution is 0.503. The van der Waals surface area contributed by atoms with Crippen LogP contribution in [0.25, 0.3) is 0 Å². The molecule has 102 valence electrons. The van der Waals surface area contributed by atoms with Gasteiger partial charge in [-0.05, 0) is 50.1 Å². The average molecular weight is 278 g/mol. The van der Waals surface area contributed by atoms with Crippen LogP contribution in [-0.4, -0.2) is 6.54 Å². The first-order chi connectivity index (χ1) is 9.19. The molecular formula is C16H20ClNO. The van der Waals surface area contributed by atoms with Gasteiger partial charge in [0.05, 0.1) is 6.26 Å². The van der Waals surface area contributed by atoms with Crippen LogP contribution in [-0.2, 0) is 6.42 Å². The molecule has 0 spiro atoms. The molecule has 0 aliphatic heterocycles. The zero-order valence-corrected chi connectivity index (χ0v) is 12.2. The molecule has 2 rings (SSSR count). The first kappa shape index (κ1) is 14.2. The van der Waals surface area contributed by atoms with E-state index in [2.05, 4.69) is 24.4 Å². The maximum Gasteiger partial charge on any atom is 0.101 e. The van der Waals surface area contributed by atoms with E-state index in [0.717, 1.165) is 30.2 Å². The van der Waals surface area contributed by atoms with Crippen molar-refractivity contribution in [1.29, 1.82) is 0 Å². The predicted octanol–water partition coefficient (Wildman–Crippen LogP) is 4.52. The summed E-state index contributed by atoms with van der Waals surface area (Å²) in [5.41, 5.74) is 2.44. The van der Waals surface area contributed by atoms with Crippen LogP contribution in [0.15, 0.2) is 41.0 Å². The van der Waals surface area contributed by atoms with Gasteiger partial charge in [0, 0.05) is 16.6 Å². The van der Waals surface area contributed by atoms with Crippen LogP contribution < -0.4 is 5.32 Å². The van der Waals surface area contributed by atoms with Gasteiger partial charge in [-0.1, -0.05) is 30.7 Å². The van der Waals surface area contributed by atoms with Crippen molar-refractivity contribution in [3.8, 4) is 0 Å². The Morgan fingerprint density at radius 2 is 2.16 bits per heavy atom. The third kappa shape index (κ3) is 4.12. The number of nitrogens with one attached hydrogen (secondary N) is 1. The van der Waals surface area contributed by atoms with Crippen LogP contribution in [0, 0.1) is 6.92 Å². The predicted molar refractivity (Wildman–Crippen MR) is 79.6 cm³/mol. The highest BCUT2D eigenvalue weighted by Gasteiger charge is 2.13. The largest absolute Gasteiger partial charge is 0.469 e. The SMILES string of the molecule is CCCNC(Cc1cccc(Cl)c1)c1coc(C)c1. The van der Waals surface area contributed by atoms with Gasteiger partial charge < -0.3 is 9.73 Å². The van der Waals surface area contributed by atoms with Crippen molar-refractivity contribution in [3.05, 3.63) is 58.5 Å². The summed E-state index contributed by atoms with van der Waals surface area (Å²) in [5.74, 6) is 0.949. The molecule has 3 heteroatoms. The van der Waals surface area contributed by atoms with Crippen molar-refractivity contribution in [2.24, 2.45) is 0 Å². The van der Waals surface area contributed by atoms with Crippen LogP contribution >= 0.6 is 11.6 Å². The topological polar surface area (TPSA) is 25.2 Å². The molecular weight excluding hydrogens is 258 g/mol. The lowest BCUT2D eigenvalue weighted by Crippen LogP contribution is -2.23. The number of halogens is 1.